The number of nitrogens with one attached hydrogen (secondary N) is 1. The van der Waals surface area contributed by atoms with Gasteiger partial charge in [-0.25, -0.2) is 5.84 Å². The number of hydrazine groups is 1. The highest BCUT2D eigenvalue weighted by molar-refractivity contribution is 5.75. The number of unbranched alkanes of at least 4 members (excludes halogenated alkanes) is 2. The third-order valence-electron chi connectivity index (χ3n) is 2.30. The van der Waals surface area contributed by atoms with Crippen LogP contribution in [0.5, 0.6) is 0 Å². The first-order valence-corrected chi connectivity index (χ1v) is 5.49. The molecular weight excluding hydrogens is 194 g/mol. The minimum absolute atomic E-state index is 0.108. The fourth-order valence-corrected chi connectivity index (χ4v) is 1.36. The summed E-state index contributed by atoms with van der Waals surface area (Å²) in [6.45, 7) is 2.21. The Kier molecular flexibility index (Phi) is 9.46. The highest BCUT2D eigenvalue weighted by Gasteiger charge is 2.01. The standard InChI is InChI=1S/C10H23N3O2/c1-13(7-3-2-4-9-14)8-5-6-10(15)12-11/h14H,2-9,11H2,1H3,(H,12,15). The summed E-state index contributed by atoms with van der Waals surface area (Å²) in [5, 5.41) is 8.59. The predicted octanol–water partition coefficient (Wildman–Crippen LogP) is -0.149. The maximum Gasteiger partial charge on any atom is 0.233 e. The van der Waals surface area contributed by atoms with Crippen molar-refractivity contribution in [3.63, 3.8) is 0 Å². The molecule has 0 aromatic carbocycles. The van der Waals surface area contributed by atoms with Gasteiger partial charge in [0.1, 0.15) is 0 Å². The number of rotatable bonds is 9. The van der Waals surface area contributed by atoms with E-state index in [4.69, 9.17) is 10.9 Å². The molecular formula is C10H23N3O2. The molecule has 0 saturated heterocycles. The highest BCUT2D eigenvalue weighted by atomic mass is 16.2. The van der Waals surface area contributed by atoms with Crippen LogP contribution < -0.4 is 11.3 Å². The summed E-state index contributed by atoms with van der Waals surface area (Å²) in [6, 6.07) is 0. The third-order valence-corrected chi connectivity index (χ3v) is 2.30. The summed E-state index contributed by atoms with van der Waals surface area (Å²) in [7, 11) is 2.04. The molecule has 15 heavy (non-hydrogen) atoms. The maximum absolute atomic E-state index is 10.8. The molecule has 0 radical (unpaired) electrons. The van der Waals surface area contributed by atoms with E-state index in [2.05, 4.69) is 10.3 Å². The topological polar surface area (TPSA) is 78.6 Å². The van der Waals surface area contributed by atoms with Gasteiger partial charge in [-0.15, -0.1) is 0 Å². The molecule has 0 spiro atoms. The van der Waals surface area contributed by atoms with Gasteiger partial charge >= 0.3 is 0 Å². The normalized spacial score (nSPS) is 10.7. The fourth-order valence-electron chi connectivity index (χ4n) is 1.36. The van der Waals surface area contributed by atoms with Crippen LogP contribution in [0.1, 0.15) is 32.1 Å². The van der Waals surface area contributed by atoms with E-state index in [1.165, 1.54) is 0 Å². The molecule has 5 nitrogen and oxygen atoms in total. The first kappa shape index (κ1) is 14.3. The van der Waals surface area contributed by atoms with Crippen molar-refractivity contribution in [2.75, 3.05) is 26.7 Å². The van der Waals surface area contributed by atoms with E-state index in [9.17, 15) is 4.79 Å². The SMILES string of the molecule is CN(CCCCCO)CCCC(=O)NN. The number of carbonyl (C=O) groups excluding carboxylic acids is 1. The molecule has 0 aromatic heterocycles. The molecule has 90 valence electrons. The van der Waals surface area contributed by atoms with Gasteiger partial charge in [0, 0.05) is 13.0 Å². The zero-order chi connectivity index (χ0) is 11.5. The van der Waals surface area contributed by atoms with Crippen molar-refractivity contribution >= 4 is 5.91 Å². The lowest BCUT2D eigenvalue weighted by Gasteiger charge is -2.15. The van der Waals surface area contributed by atoms with Gasteiger partial charge in [-0.2, -0.15) is 0 Å². The zero-order valence-electron chi connectivity index (χ0n) is 9.54. The number of hydrogen-bond donors (Lipinski definition) is 3. The van der Waals surface area contributed by atoms with E-state index in [1.807, 2.05) is 7.05 Å². The molecule has 0 rings (SSSR count). The Morgan fingerprint density at radius 2 is 1.93 bits per heavy atom. The molecule has 0 fully saturated rings. The van der Waals surface area contributed by atoms with Crippen molar-refractivity contribution in [2.24, 2.45) is 5.84 Å². The number of nitrogens with zero attached hydrogens (tertiary/aromatic N) is 1. The lowest BCUT2D eigenvalue weighted by Crippen LogP contribution is -2.30. The van der Waals surface area contributed by atoms with Crippen LogP contribution in [-0.2, 0) is 4.79 Å². The molecule has 0 aliphatic carbocycles. The van der Waals surface area contributed by atoms with Crippen molar-refractivity contribution in [3.05, 3.63) is 0 Å². The van der Waals surface area contributed by atoms with E-state index in [-0.39, 0.29) is 12.5 Å². The van der Waals surface area contributed by atoms with Gasteiger partial charge in [0.25, 0.3) is 0 Å². The van der Waals surface area contributed by atoms with Crippen LogP contribution >= 0.6 is 0 Å². The van der Waals surface area contributed by atoms with Crippen molar-refractivity contribution in [3.8, 4) is 0 Å². The Labute approximate surface area is 91.6 Å². The van der Waals surface area contributed by atoms with Gasteiger partial charge in [0.2, 0.25) is 5.91 Å². The van der Waals surface area contributed by atoms with Crippen molar-refractivity contribution in [2.45, 2.75) is 32.1 Å². The van der Waals surface area contributed by atoms with Gasteiger partial charge in [0.15, 0.2) is 0 Å². The molecule has 0 aliphatic rings. The number of aliphatic hydroxyl groups is 1. The van der Waals surface area contributed by atoms with E-state index in [0.29, 0.717) is 6.42 Å². The van der Waals surface area contributed by atoms with Crippen LogP contribution in [0.25, 0.3) is 0 Å². The van der Waals surface area contributed by atoms with Crippen molar-refractivity contribution in [1.29, 1.82) is 0 Å². The summed E-state index contributed by atoms with van der Waals surface area (Å²) in [6.07, 6.45) is 4.35. The Bertz CT molecular complexity index is 165. The second-order valence-electron chi connectivity index (χ2n) is 3.76. The lowest BCUT2D eigenvalue weighted by atomic mass is 10.2. The average molecular weight is 217 g/mol. The van der Waals surface area contributed by atoms with Crippen LogP contribution in [0.3, 0.4) is 0 Å². The van der Waals surface area contributed by atoms with Crippen molar-refractivity contribution < 1.29 is 9.90 Å². The van der Waals surface area contributed by atoms with Crippen LogP contribution in [0.2, 0.25) is 0 Å². The Morgan fingerprint density at radius 3 is 2.53 bits per heavy atom. The minimum atomic E-state index is -0.108. The predicted molar refractivity (Wildman–Crippen MR) is 60.0 cm³/mol. The molecule has 0 aromatic rings. The van der Waals surface area contributed by atoms with Gasteiger partial charge in [0.05, 0.1) is 0 Å². The number of amides is 1. The van der Waals surface area contributed by atoms with E-state index in [0.717, 1.165) is 38.8 Å². The molecule has 1 amide bonds. The molecule has 4 N–H and O–H groups in total. The van der Waals surface area contributed by atoms with Crippen LogP contribution in [0, 0.1) is 0 Å². The van der Waals surface area contributed by atoms with Crippen LogP contribution in [0.15, 0.2) is 0 Å². The van der Waals surface area contributed by atoms with Crippen molar-refractivity contribution in [1.82, 2.24) is 10.3 Å². The van der Waals surface area contributed by atoms with Gasteiger partial charge < -0.3 is 10.0 Å². The summed E-state index contributed by atoms with van der Waals surface area (Å²) < 4.78 is 0. The Balaban J connectivity index is 3.25. The van der Waals surface area contributed by atoms with Crippen LogP contribution in [-0.4, -0.2) is 42.7 Å². The molecule has 0 atom stereocenters. The molecule has 5 heteroatoms. The first-order valence-electron chi connectivity index (χ1n) is 5.49. The van der Waals surface area contributed by atoms with E-state index >= 15 is 0 Å². The Morgan fingerprint density at radius 1 is 1.27 bits per heavy atom. The van der Waals surface area contributed by atoms with E-state index < -0.39 is 0 Å². The zero-order valence-corrected chi connectivity index (χ0v) is 9.54. The number of hydrogen-bond acceptors (Lipinski definition) is 4. The molecule has 0 saturated carbocycles. The summed E-state index contributed by atoms with van der Waals surface area (Å²) in [5.41, 5.74) is 2.11. The Hall–Kier alpha value is -0.650. The number of carbonyl (C=O) groups is 1. The quantitative estimate of drug-likeness (QED) is 0.217. The summed E-state index contributed by atoms with van der Waals surface area (Å²) >= 11 is 0. The third kappa shape index (κ3) is 9.65. The summed E-state index contributed by atoms with van der Waals surface area (Å²) in [5.74, 6) is 4.86. The minimum Gasteiger partial charge on any atom is -0.396 e. The molecule has 0 aliphatic heterocycles. The largest absolute Gasteiger partial charge is 0.396 e. The number of aliphatic hydroxyl groups excluding tert-OH is 1. The average Bonchev–Trinajstić information content (AvgIpc) is 2.24. The first-order chi connectivity index (χ1) is 7.20. The second-order valence-corrected chi connectivity index (χ2v) is 3.76. The maximum atomic E-state index is 10.8. The van der Waals surface area contributed by atoms with Gasteiger partial charge in [-0.3, -0.25) is 10.2 Å². The molecule has 0 unspecified atom stereocenters. The number of nitrogens with two attached hydrogens (primary N) is 1. The second kappa shape index (κ2) is 9.89. The summed E-state index contributed by atoms with van der Waals surface area (Å²) in [4.78, 5) is 13.0. The van der Waals surface area contributed by atoms with Gasteiger partial charge in [-0.1, -0.05) is 0 Å². The fraction of sp³-hybridized carbons (Fsp3) is 0.900. The highest BCUT2D eigenvalue weighted by Crippen LogP contribution is 1.98. The van der Waals surface area contributed by atoms with E-state index in [1.54, 1.807) is 0 Å². The molecule has 0 bridgehead atoms. The van der Waals surface area contributed by atoms with Crippen LogP contribution in [0.4, 0.5) is 0 Å². The van der Waals surface area contributed by atoms with Gasteiger partial charge in [-0.05, 0) is 45.8 Å². The lowest BCUT2D eigenvalue weighted by molar-refractivity contribution is -0.121. The molecule has 0 heterocycles. The smallest absolute Gasteiger partial charge is 0.233 e. The monoisotopic (exact) mass is 217 g/mol.